The zero-order valence-corrected chi connectivity index (χ0v) is 10.6. The van der Waals surface area contributed by atoms with Crippen molar-refractivity contribution in [3.05, 3.63) is 48.0 Å². The normalized spacial score (nSPS) is 25.0. The fraction of sp³-hybridized carbons (Fsp3) is 0.312. The molecule has 1 aliphatic rings. The topological polar surface area (TPSA) is 37.3 Å². The summed E-state index contributed by atoms with van der Waals surface area (Å²) in [6, 6.07) is 14.5. The fourth-order valence-corrected chi connectivity index (χ4v) is 3.12. The minimum atomic E-state index is -0.682. The van der Waals surface area contributed by atoms with Crippen molar-refractivity contribution in [3.8, 4) is 0 Å². The van der Waals surface area contributed by atoms with Crippen LogP contribution in [0.4, 0.5) is 0 Å². The van der Waals surface area contributed by atoms with Gasteiger partial charge in [0.05, 0.1) is 5.92 Å². The van der Waals surface area contributed by atoms with Crippen LogP contribution >= 0.6 is 0 Å². The predicted molar refractivity (Wildman–Crippen MR) is 71.6 cm³/mol. The van der Waals surface area contributed by atoms with E-state index in [1.807, 2.05) is 26.0 Å². The summed E-state index contributed by atoms with van der Waals surface area (Å²) in [7, 11) is 0. The van der Waals surface area contributed by atoms with Gasteiger partial charge in [-0.2, -0.15) is 0 Å². The van der Waals surface area contributed by atoms with Crippen LogP contribution in [0.5, 0.6) is 0 Å². The van der Waals surface area contributed by atoms with Gasteiger partial charge >= 0.3 is 5.97 Å². The van der Waals surface area contributed by atoms with E-state index in [2.05, 4.69) is 30.3 Å². The van der Waals surface area contributed by atoms with E-state index in [0.717, 1.165) is 5.56 Å². The summed E-state index contributed by atoms with van der Waals surface area (Å²) in [5, 5.41) is 11.6. The van der Waals surface area contributed by atoms with E-state index in [-0.39, 0.29) is 17.3 Å². The second kappa shape index (κ2) is 3.58. The average molecular weight is 240 g/mol. The lowest BCUT2D eigenvalue weighted by Gasteiger charge is -2.05. The van der Waals surface area contributed by atoms with Crippen LogP contribution in [-0.2, 0) is 4.79 Å². The van der Waals surface area contributed by atoms with Crippen LogP contribution in [-0.4, -0.2) is 11.1 Å². The van der Waals surface area contributed by atoms with Crippen LogP contribution in [0.3, 0.4) is 0 Å². The number of carboxylic acids is 1. The maximum Gasteiger partial charge on any atom is 0.307 e. The van der Waals surface area contributed by atoms with Gasteiger partial charge < -0.3 is 5.11 Å². The fourth-order valence-electron chi connectivity index (χ4n) is 3.12. The van der Waals surface area contributed by atoms with Gasteiger partial charge in [0.1, 0.15) is 0 Å². The highest BCUT2D eigenvalue weighted by molar-refractivity contribution is 5.84. The molecule has 2 atom stereocenters. The summed E-state index contributed by atoms with van der Waals surface area (Å²) in [5.74, 6) is -0.795. The quantitative estimate of drug-likeness (QED) is 0.869. The van der Waals surface area contributed by atoms with Gasteiger partial charge in [-0.05, 0) is 21.8 Å². The third kappa shape index (κ3) is 1.52. The van der Waals surface area contributed by atoms with E-state index in [0.29, 0.717) is 0 Å². The summed E-state index contributed by atoms with van der Waals surface area (Å²) in [5.41, 5.74) is 1.01. The van der Waals surface area contributed by atoms with E-state index in [1.54, 1.807) is 0 Å². The number of carbonyl (C=O) groups is 1. The van der Waals surface area contributed by atoms with Gasteiger partial charge in [-0.15, -0.1) is 0 Å². The van der Waals surface area contributed by atoms with Gasteiger partial charge in [0.25, 0.3) is 0 Å². The Balaban J connectivity index is 2.04. The maximum absolute atomic E-state index is 11.2. The van der Waals surface area contributed by atoms with Crippen molar-refractivity contribution in [2.24, 2.45) is 11.3 Å². The zero-order chi connectivity index (χ0) is 12.9. The summed E-state index contributed by atoms with van der Waals surface area (Å²) in [6.07, 6.45) is 0. The molecule has 2 aromatic rings. The Morgan fingerprint density at radius 1 is 1.11 bits per heavy atom. The molecule has 0 heterocycles. The average Bonchev–Trinajstić information content (AvgIpc) is 2.92. The first-order valence-corrected chi connectivity index (χ1v) is 6.23. The number of hydrogen-bond donors (Lipinski definition) is 1. The molecule has 0 aromatic heterocycles. The second-order valence-corrected chi connectivity index (χ2v) is 5.72. The van der Waals surface area contributed by atoms with Crippen LogP contribution in [0.25, 0.3) is 10.8 Å². The lowest BCUT2D eigenvalue weighted by Crippen LogP contribution is -2.03. The standard InChI is InChI=1S/C16H16O2/c1-16(2)13(14(16)15(17)18)12-8-7-10-5-3-4-6-11(10)9-12/h3-9,13-14H,1-2H3,(H,17,18)/t13-,14+/m1/s1. The van der Waals surface area contributed by atoms with Crippen LogP contribution in [0, 0.1) is 11.3 Å². The maximum atomic E-state index is 11.2. The molecule has 2 heteroatoms. The van der Waals surface area contributed by atoms with Crippen molar-refractivity contribution in [1.29, 1.82) is 0 Å². The first-order valence-electron chi connectivity index (χ1n) is 6.23. The molecule has 1 saturated carbocycles. The summed E-state index contributed by atoms with van der Waals surface area (Å²) >= 11 is 0. The first-order chi connectivity index (χ1) is 8.51. The summed E-state index contributed by atoms with van der Waals surface area (Å²) < 4.78 is 0. The number of aliphatic carboxylic acids is 1. The van der Waals surface area contributed by atoms with Crippen LogP contribution in [0.2, 0.25) is 0 Å². The molecular formula is C16H16O2. The molecule has 2 nitrogen and oxygen atoms in total. The van der Waals surface area contributed by atoms with Crippen LogP contribution < -0.4 is 0 Å². The highest BCUT2D eigenvalue weighted by atomic mass is 16.4. The molecule has 0 aliphatic heterocycles. The SMILES string of the molecule is CC1(C)[C@H](C(=O)O)[C@H]1c1ccc2ccccc2c1. The number of benzene rings is 2. The summed E-state index contributed by atoms with van der Waals surface area (Å²) in [4.78, 5) is 11.2. The van der Waals surface area contributed by atoms with Gasteiger partial charge in [-0.3, -0.25) is 4.79 Å². The van der Waals surface area contributed by atoms with Crippen molar-refractivity contribution in [2.45, 2.75) is 19.8 Å². The van der Waals surface area contributed by atoms with Crippen LogP contribution in [0.15, 0.2) is 42.5 Å². The highest BCUT2D eigenvalue weighted by Gasteiger charge is 2.62. The molecule has 0 radical (unpaired) electrons. The molecule has 0 spiro atoms. The van der Waals surface area contributed by atoms with E-state index in [1.165, 1.54) is 10.8 Å². The van der Waals surface area contributed by atoms with E-state index < -0.39 is 5.97 Å². The van der Waals surface area contributed by atoms with E-state index in [9.17, 15) is 9.90 Å². The Kier molecular flexibility index (Phi) is 2.24. The molecule has 0 unspecified atom stereocenters. The Bertz CT molecular complexity index is 628. The Morgan fingerprint density at radius 2 is 1.78 bits per heavy atom. The predicted octanol–water partition coefficient (Wildman–Crippen LogP) is 3.66. The smallest absolute Gasteiger partial charge is 0.307 e. The monoisotopic (exact) mass is 240 g/mol. The summed E-state index contributed by atoms with van der Waals surface area (Å²) in [6.45, 7) is 4.07. The lowest BCUT2D eigenvalue weighted by molar-refractivity contribution is -0.139. The van der Waals surface area contributed by atoms with Crippen molar-refractivity contribution in [3.63, 3.8) is 0 Å². The second-order valence-electron chi connectivity index (χ2n) is 5.72. The van der Waals surface area contributed by atoms with Crippen molar-refractivity contribution in [2.75, 3.05) is 0 Å². The zero-order valence-electron chi connectivity index (χ0n) is 10.6. The minimum Gasteiger partial charge on any atom is -0.481 e. The van der Waals surface area contributed by atoms with Crippen molar-refractivity contribution >= 4 is 16.7 Å². The molecule has 18 heavy (non-hydrogen) atoms. The molecule has 0 amide bonds. The molecule has 3 rings (SSSR count). The molecule has 92 valence electrons. The molecule has 1 fully saturated rings. The molecule has 1 aliphatic carbocycles. The Morgan fingerprint density at radius 3 is 2.39 bits per heavy atom. The number of hydrogen-bond acceptors (Lipinski definition) is 1. The molecule has 2 aromatic carbocycles. The minimum absolute atomic E-state index is 0.131. The Hall–Kier alpha value is -1.83. The van der Waals surface area contributed by atoms with Crippen molar-refractivity contribution < 1.29 is 9.90 Å². The van der Waals surface area contributed by atoms with E-state index in [4.69, 9.17) is 0 Å². The number of carboxylic acid groups (broad SMARTS) is 1. The number of rotatable bonds is 2. The van der Waals surface area contributed by atoms with Crippen molar-refractivity contribution in [1.82, 2.24) is 0 Å². The van der Waals surface area contributed by atoms with Gasteiger partial charge in [-0.1, -0.05) is 56.3 Å². The Labute approximate surface area is 106 Å². The van der Waals surface area contributed by atoms with Crippen LogP contribution in [0.1, 0.15) is 25.3 Å². The third-order valence-electron chi connectivity index (χ3n) is 4.23. The first kappa shape index (κ1) is 11.3. The van der Waals surface area contributed by atoms with Gasteiger partial charge in [0, 0.05) is 5.92 Å². The molecule has 0 saturated heterocycles. The molecule has 1 N–H and O–H groups in total. The molecular weight excluding hydrogens is 224 g/mol. The van der Waals surface area contributed by atoms with Gasteiger partial charge in [-0.25, -0.2) is 0 Å². The highest BCUT2D eigenvalue weighted by Crippen LogP contribution is 2.64. The molecule has 0 bridgehead atoms. The third-order valence-corrected chi connectivity index (χ3v) is 4.23. The lowest BCUT2D eigenvalue weighted by atomic mass is 10.00. The van der Waals surface area contributed by atoms with E-state index >= 15 is 0 Å². The van der Waals surface area contributed by atoms with Gasteiger partial charge in [0.15, 0.2) is 0 Å². The van der Waals surface area contributed by atoms with Gasteiger partial charge in [0.2, 0.25) is 0 Å². The largest absolute Gasteiger partial charge is 0.481 e. The number of fused-ring (bicyclic) bond motifs is 1.